The largest absolute Gasteiger partial charge is 0.208 e. The molecule has 202 valence electrons. The van der Waals surface area contributed by atoms with Gasteiger partial charge in [-0.3, -0.25) is 0 Å². The molecule has 2 aromatic heterocycles. The van der Waals surface area contributed by atoms with Gasteiger partial charge in [-0.05, 0) is 28.0 Å². The van der Waals surface area contributed by atoms with E-state index in [2.05, 4.69) is 103 Å². The third-order valence-electron chi connectivity index (χ3n) is 8.70. The van der Waals surface area contributed by atoms with Gasteiger partial charge >= 0.3 is 0 Å². The normalized spacial score (nSPS) is 18.5. The van der Waals surface area contributed by atoms with E-state index in [1.54, 1.807) is 0 Å². The molecule has 0 saturated heterocycles. The molecular weight excluding hydrogens is 543 g/mol. The van der Waals surface area contributed by atoms with Crippen molar-refractivity contribution < 1.29 is 0 Å². The van der Waals surface area contributed by atoms with E-state index in [9.17, 15) is 0 Å². The first-order chi connectivity index (χ1) is 21.3. The Bertz CT molecular complexity index is 2180. The zero-order valence-corrected chi connectivity index (χ0v) is 24.0. The minimum Gasteiger partial charge on any atom is -0.208 e. The van der Waals surface area contributed by atoms with Crippen molar-refractivity contribution in [3.63, 3.8) is 0 Å². The van der Waals surface area contributed by atoms with Crippen LogP contribution >= 0.6 is 11.3 Å². The lowest BCUT2D eigenvalue weighted by Gasteiger charge is -2.34. The highest BCUT2D eigenvalue weighted by Gasteiger charge is 2.38. The van der Waals surface area contributed by atoms with Gasteiger partial charge in [0.2, 0.25) is 0 Å². The number of hydrogen-bond donors (Lipinski definition) is 0. The van der Waals surface area contributed by atoms with Crippen LogP contribution in [0.15, 0.2) is 151 Å². The summed E-state index contributed by atoms with van der Waals surface area (Å²) in [7, 11) is 0. The van der Waals surface area contributed by atoms with Gasteiger partial charge in [0.15, 0.2) is 17.5 Å². The molecule has 3 nitrogen and oxygen atoms in total. The molecule has 0 saturated carbocycles. The van der Waals surface area contributed by atoms with E-state index in [-0.39, 0.29) is 5.92 Å². The van der Waals surface area contributed by atoms with Crippen LogP contribution in [0.3, 0.4) is 0 Å². The van der Waals surface area contributed by atoms with Crippen LogP contribution in [0.25, 0.3) is 49.2 Å². The van der Waals surface area contributed by atoms with Crippen molar-refractivity contribution in [2.45, 2.75) is 5.92 Å². The van der Waals surface area contributed by atoms with E-state index in [1.165, 1.54) is 42.4 Å². The standard InChI is InChI=1S/C39H25N3S/c1-3-13-26(14-4-1)37-40-38(27-15-5-2-6-16-27)42-39(41-37)32-23-28-20-19-24-11-7-9-17-29(24)33(28)36-34(32)31-22-21-25-12-8-10-18-30(25)35(31)43-36/h1-23,29,33H. The van der Waals surface area contributed by atoms with E-state index < -0.39 is 0 Å². The maximum Gasteiger partial charge on any atom is 0.164 e. The van der Waals surface area contributed by atoms with Gasteiger partial charge in [-0.2, -0.15) is 0 Å². The van der Waals surface area contributed by atoms with Crippen LogP contribution in [0, 0.1) is 5.92 Å². The molecule has 0 N–H and O–H groups in total. The molecular formula is C39H25N3S. The van der Waals surface area contributed by atoms with Gasteiger partial charge in [0.1, 0.15) is 0 Å². The summed E-state index contributed by atoms with van der Waals surface area (Å²) in [4.78, 5) is 16.7. The maximum absolute atomic E-state index is 5.17. The van der Waals surface area contributed by atoms with Crippen LogP contribution in [-0.2, 0) is 0 Å². The van der Waals surface area contributed by atoms with E-state index >= 15 is 0 Å². The summed E-state index contributed by atoms with van der Waals surface area (Å²) in [5, 5.41) is 3.82. The first-order valence-corrected chi connectivity index (χ1v) is 15.4. The van der Waals surface area contributed by atoms with Crippen LogP contribution in [0.5, 0.6) is 0 Å². The number of fused-ring (bicyclic) bond motifs is 9. The molecule has 3 aliphatic rings. The molecule has 2 heterocycles. The third-order valence-corrected chi connectivity index (χ3v) is 10.0. The van der Waals surface area contributed by atoms with Gasteiger partial charge in [0, 0.05) is 49.1 Å². The average molecular weight is 568 g/mol. The Kier molecular flexibility index (Phi) is 5.50. The molecule has 0 aliphatic heterocycles. The lowest BCUT2D eigenvalue weighted by atomic mass is 9.70. The second-order valence-electron chi connectivity index (χ2n) is 11.2. The number of hydrogen-bond acceptors (Lipinski definition) is 4. The number of aromatic nitrogens is 3. The van der Waals surface area contributed by atoms with Crippen molar-refractivity contribution in [2.75, 3.05) is 0 Å². The number of allylic oxidation sites excluding steroid dienone is 9. The average Bonchev–Trinajstić information content (AvgIpc) is 3.48. The molecule has 6 aromatic rings. The van der Waals surface area contributed by atoms with Crippen LogP contribution < -0.4 is 0 Å². The van der Waals surface area contributed by atoms with Gasteiger partial charge in [-0.25, -0.2) is 15.0 Å². The molecule has 0 spiro atoms. The number of thiophene rings is 1. The molecule has 2 atom stereocenters. The smallest absolute Gasteiger partial charge is 0.164 e. The fraction of sp³-hybridized carbons (Fsp3) is 0.0513. The van der Waals surface area contributed by atoms with E-state index in [4.69, 9.17) is 15.0 Å². The minimum absolute atomic E-state index is 0.250. The predicted molar refractivity (Wildman–Crippen MR) is 178 cm³/mol. The lowest BCUT2D eigenvalue weighted by molar-refractivity contribution is 0.654. The van der Waals surface area contributed by atoms with Gasteiger partial charge in [-0.1, -0.05) is 134 Å². The summed E-state index contributed by atoms with van der Waals surface area (Å²) in [6.45, 7) is 0. The Morgan fingerprint density at radius 3 is 2.02 bits per heavy atom. The van der Waals surface area contributed by atoms with Gasteiger partial charge in [0.25, 0.3) is 0 Å². The summed E-state index contributed by atoms with van der Waals surface area (Å²) in [5.41, 5.74) is 6.92. The van der Waals surface area contributed by atoms with Crippen molar-refractivity contribution in [1.82, 2.24) is 15.0 Å². The summed E-state index contributed by atoms with van der Waals surface area (Å²) >= 11 is 1.93. The van der Waals surface area contributed by atoms with Crippen LogP contribution in [-0.4, -0.2) is 15.0 Å². The second kappa shape index (κ2) is 9.69. The van der Waals surface area contributed by atoms with Crippen molar-refractivity contribution >= 4 is 37.8 Å². The van der Waals surface area contributed by atoms with Crippen molar-refractivity contribution in [3.8, 4) is 22.8 Å². The zero-order chi connectivity index (χ0) is 28.3. The molecule has 9 rings (SSSR count). The van der Waals surface area contributed by atoms with Gasteiger partial charge < -0.3 is 0 Å². The summed E-state index contributed by atoms with van der Waals surface area (Å²) in [5.74, 6) is 2.62. The van der Waals surface area contributed by atoms with Gasteiger partial charge in [0.05, 0.1) is 0 Å². The first-order valence-electron chi connectivity index (χ1n) is 14.6. The lowest BCUT2D eigenvalue weighted by Crippen LogP contribution is -2.21. The first kappa shape index (κ1) is 24.4. The van der Waals surface area contributed by atoms with Crippen molar-refractivity contribution in [1.29, 1.82) is 0 Å². The fourth-order valence-corrected chi connectivity index (χ4v) is 8.21. The Labute approximate surface area is 253 Å². The third kappa shape index (κ3) is 3.91. The molecule has 0 amide bonds. The molecule has 4 heteroatoms. The molecule has 3 aliphatic carbocycles. The van der Waals surface area contributed by atoms with Gasteiger partial charge in [-0.15, -0.1) is 11.3 Å². The highest BCUT2D eigenvalue weighted by Crippen LogP contribution is 2.54. The monoisotopic (exact) mass is 567 g/mol. The Morgan fingerprint density at radius 1 is 0.581 bits per heavy atom. The predicted octanol–water partition coefficient (Wildman–Crippen LogP) is 9.71. The fourth-order valence-electron chi connectivity index (χ4n) is 6.68. The second-order valence-corrected chi connectivity index (χ2v) is 12.2. The SMILES string of the molecule is C1=CC2=CC=C3C=C(c4nc(-c5ccccc5)nc(-c5ccccc5)n4)c4c(sc5c4ccc4ccccc45)C3C2C=C1. The Morgan fingerprint density at radius 2 is 1.26 bits per heavy atom. The van der Waals surface area contributed by atoms with E-state index in [0.29, 0.717) is 23.4 Å². The molecule has 2 unspecified atom stereocenters. The highest BCUT2D eigenvalue weighted by molar-refractivity contribution is 7.20. The van der Waals surface area contributed by atoms with E-state index in [1.807, 2.05) is 47.7 Å². The zero-order valence-electron chi connectivity index (χ0n) is 23.2. The number of rotatable bonds is 3. The summed E-state index contributed by atoms with van der Waals surface area (Å²) in [6, 6.07) is 33.7. The van der Waals surface area contributed by atoms with Crippen LogP contribution in [0.1, 0.15) is 22.2 Å². The highest BCUT2D eigenvalue weighted by atomic mass is 32.1. The number of nitrogens with zero attached hydrogens (tertiary/aromatic N) is 3. The van der Waals surface area contributed by atoms with Crippen LogP contribution in [0.4, 0.5) is 0 Å². The van der Waals surface area contributed by atoms with Crippen molar-refractivity contribution in [3.05, 3.63) is 167 Å². The Balaban J connectivity index is 1.35. The van der Waals surface area contributed by atoms with E-state index in [0.717, 1.165) is 16.7 Å². The Hall–Kier alpha value is -5.19. The van der Waals surface area contributed by atoms with Crippen molar-refractivity contribution in [2.24, 2.45) is 5.92 Å². The minimum atomic E-state index is 0.250. The molecule has 0 radical (unpaired) electrons. The maximum atomic E-state index is 5.17. The quantitative estimate of drug-likeness (QED) is 0.214. The summed E-state index contributed by atoms with van der Waals surface area (Å²) < 4.78 is 1.32. The topological polar surface area (TPSA) is 38.7 Å². The molecule has 0 bridgehead atoms. The van der Waals surface area contributed by atoms with Crippen LogP contribution in [0.2, 0.25) is 0 Å². The molecule has 0 fully saturated rings. The summed E-state index contributed by atoms with van der Waals surface area (Å²) in [6.07, 6.45) is 15.9. The molecule has 43 heavy (non-hydrogen) atoms. The molecule has 4 aromatic carbocycles. The number of benzene rings is 4.